The molecule has 1 saturated heterocycles. The zero-order valence-electron chi connectivity index (χ0n) is 9.61. The summed E-state index contributed by atoms with van der Waals surface area (Å²) in [5.41, 5.74) is 1.59. The van der Waals surface area contributed by atoms with Gasteiger partial charge in [0, 0.05) is 12.6 Å². The lowest BCUT2D eigenvalue weighted by Gasteiger charge is -2.11. The number of nitrogens with zero attached hydrogens (tertiary/aromatic N) is 3. The Morgan fingerprint density at radius 1 is 1.35 bits per heavy atom. The van der Waals surface area contributed by atoms with Gasteiger partial charge in [-0.15, -0.1) is 0 Å². The van der Waals surface area contributed by atoms with Gasteiger partial charge in [0.15, 0.2) is 11.5 Å². The van der Waals surface area contributed by atoms with Gasteiger partial charge in [-0.05, 0) is 25.8 Å². The molecule has 6 nitrogen and oxygen atoms in total. The third-order valence-corrected chi connectivity index (χ3v) is 3.17. The number of hydrogen-bond donors (Lipinski definition) is 3. The third kappa shape index (κ3) is 2.21. The van der Waals surface area contributed by atoms with E-state index in [9.17, 15) is 0 Å². The molecule has 0 amide bonds. The Labute approximate surface area is 99.3 Å². The Hall–Kier alpha value is -1.69. The van der Waals surface area contributed by atoms with Crippen molar-refractivity contribution < 1.29 is 0 Å². The molecule has 0 aliphatic carbocycles. The molecule has 1 aliphatic heterocycles. The van der Waals surface area contributed by atoms with Crippen molar-refractivity contribution in [2.75, 3.05) is 18.4 Å². The normalized spacial score (nSPS) is 19.9. The van der Waals surface area contributed by atoms with E-state index in [2.05, 4.69) is 30.6 Å². The zero-order chi connectivity index (χ0) is 11.5. The number of anilines is 1. The van der Waals surface area contributed by atoms with Crippen LogP contribution in [0.5, 0.6) is 0 Å². The van der Waals surface area contributed by atoms with Crippen LogP contribution in [0.4, 0.5) is 5.82 Å². The van der Waals surface area contributed by atoms with Crippen LogP contribution in [-0.2, 0) is 0 Å². The van der Waals surface area contributed by atoms with Crippen molar-refractivity contribution in [2.24, 2.45) is 0 Å². The Morgan fingerprint density at radius 2 is 2.35 bits per heavy atom. The predicted octanol–water partition coefficient (Wildman–Crippen LogP) is 0.907. The van der Waals surface area contributed by atoms with Crippen LogP contribution >= 0.6 is 0 Å². The summed E-state index contributed by atoms with van der Waals surface area (Å²) in [7, 11) is 0. The highest BCUT2D eigenvalue weighted by Crippen LogP contribution is 2.15. The predicted molar refractivity (Wildman–Crippen MR) is 65.8 cm³/mol. The molecule has 0 spiro atoms. The van der Waals surface area contributed by atoms with Crippen molar-refractivity contribution in [3.8, 4) is 0 Å². The number of hydrogen-bond acceptors (Lipinski definition) is 5. The van der Waals surface area contributed by atoms with Gasteiger partial charge >= 0.3 is 0 Å². The van der Waals surface area contributed by atoms with Crippen molar-refractivity contribution in [3.63, 3.8) is 0 Å². The van der Waals surface area contributed by atoms with Gasteiger partial charge in [-0.3, -0.25) is 0 Å². The van der Waals surface area contributed by atoms with Crippen LogP contribution in [0.15, 0.2) is 12.7 Å². The van der Waals surface area contributed by atoms with E-state index in [-0.39, 0.29) is 0 Å². The Balaban J connectivity index is 1.62. The molecule has 1 atom stereocenters. The van der Waals surface area contributed by atoms with Gasteiger partial charge in [-0.2, -0.15) is 0 Å². The monoisotopic (exact) mass is 232 g/mol. The van der Waals surface area contributed by atoms with Gasteiger partial charge in [0.2, 0.25) is 0 Å². The lowest BCUT2D eigenvalue weighted by atomic mass is 10.1. The summed E-state index contributed by atoms with van der Waals surface area (Å²) >= 11 is 0. The summed E-state index contributed by atoms with van der Waals surface area (Å²) in [6.45, 7) is 2.08. The van der Waals surface area contributed by atoms with Gasteiger partial charge in [-0.1, -0.05) is 0 Å². The molecule has 6 heteroatoms. The first-order valence-corrected chi connectivity index (χ1v) is 6.05. The first-order chi connectivity index (χ1) is 8.43. The number of nitrogens with one attached hydrogen (secondary N) is 3. The molecular formula is C11H16N6. The van der Waals surface area contributed by atoms with Crippen LogP contribution in [0.1, 0.15) is 19.3 Å². The van der Waals surface area contributed by atoms with E-state index in [1.807, 2.05) is 0 Å². The Bertz CT molecular complexity index is 487. The standard InChI is InChI=1S/C11H16N6/c1-2-8(12-4-1)3-5-13-10-9-11(15-6-14-9)17-7-16-10/h6-8,12H,1-5H2,(H2,13,14,15,16,17)/t8-/m1/s1. The van der Waals surface area contributed by atoms with E-state index in [0.29, 0.717) is 11.7 Å². The maximum atomic E-state index is 4.23. The minimum absolute atomic E-state index is 0.654. The first kappa shape index (κ1) is 10.5. The molecule has 1 aliphatic rings. The molecule has 2 aromatic rings. The molecule has 17 heavy (non-hydrogen) atoms. The van der Waals surface area contributed by atoms with Crippen molar-refractivity contribution >= 4 is 17.0 Å². The summed E-state index contributed by atoms with van der Waals surface area (Å²) in [5, 5.41) is 6.82. The number of H-pyrrole nitrogens is 1. The molecule has 90 valence electrons. The molecule has 0 aromatic carbocycles. The number of imidazole rings is 1. The Kier molecular flexibility index (Phi) is 2.87. The van der Waals surface area contributed by atoms with Crippen LogP contribution in [0, 0.1) is 0 Å². The molecule has 0 saturated carbocycles. The highest BCUT2D eigenvalue weighted by molar-refractivity contribution is 5.81. The smallest absolute Gasteiger partial charge is 0.182 e. The fourth-order valence-electron chi connectivity index (χ4n) is 2.27. The van der Waals surface area contributed by atoms with Crippen LogP contribution in [-0.4, -0.2) is 39.1 Å². The van der Waals surface area contributed by atoms with Gasteiger partial charge in [0.05, 0.1) is 6.33 Å². The summed E-state index contributed by atoms with van der Waals surface area (Å²) < 4.78 is 0. The van der Waals surface area contributed by atoms with Crippen molar-refractivity contribution in [2.45, 2.75) is 25.3 Å². The largest absolute Gasteiger partial charge is 0.368 e. The van der Waals surface area contributed by atoms with Gasteiger partial charge in [0.25, 0.3) is 0 Å². The second kappa shape index (κ2) is 4.67. The second-order valence-corrected chi connectivity index (χ2v) is 4.33. The fourth-order valence-corrected chi connectivity index (χ4v) is 2.27. The quantitative estimate of drug-likeness (QED) is 0.730. The van der Waals surface area contributed by atoms with Crippen LogP contribution in [0.2, 0.25) is 0 Å². The summed E-state index contributed by atoms with van der Waals surface area (Å²) in [5.74, 6) is 0.838. The molecular weight excluding hydrogens is 216 g/mol. The third-order valence-electron chi connectivity index (χ3n) is 3.17. The average molecular weight is 232 g/mol. The van der Waals surface area contributed by atoms with Gasteiger partial charge in [-0.25, -0.2) is 15.0 Å². The highest BCUT2D eigenvalue weighted by Gasteiger charge is 2.13. The minimum atomic E-state index is 0.654. The van der Waals surface area contributed by atoms with Crippen molar-refractivity contribution in [1.29, 1.82) is 0 Å². The molecule has 0 radical (unpaired) electrons. The maximum Gasteiger partial charge on any atom is 0.182 e. The lowest BCUT2D eigenvalue weighted by Crippen LogP contribution is -2.24. The van der Waals surface area contributed by atoms with Gasteiger partial charge < -0.3 is 15.6 Å². The number of fused-ring (bicyclic) bond motifs is 1. The van der Waals surface area contributed by atoms with Crippen molar-refractivity contribution in [3.05, 3.63) is 12.7 Å². The number of rotatable bonds is 4. The number of aromatic amines is 1. The molecule has 3 N–H and O–H groups in total. The highest BCUT2D eigenvalue weighted by atomic mass is 15.1. The number of aromatic nitrogens is 4. The van der Waals surface area contributed by atoms with E-state index in [0.717, 1.165) is 30.8 Å². The van der Waals surface area contributed by atoms with Gasteiger partial charge in [0.1, 0.15) is 11.8 Å². The Morgan fingerprint density at radius 3 is 3.24 bits per heavy atom. The average Bonchev–Trinajstić information content (AvgIpc) is 2.99. The molecule has 1 fully saturated rings. The molecule has 3 heterocycles. The van der Waals surface area contributed by atoms with E-state index in [1.54, 1.807) is 12.7 Å². The molecule has 0 unspecified atom stereocenters. The maximum absolute atomic E-state index is 4.23. The summed E-state index contributed by atoms with van der Waals surface area (Å²) in [4.78, 5) is 15.5. The first-order valence-electron chi connectivity index (χ1n) is 6.05. The van der Waals surface area contributed by atoms with E-state index in [1.165, 1.54) is 12.8 Å². The second-order valence-electron chi connectivity index (χ2n) is 4.33. The summed E-state index contributed by atoms with van der Waals surface area (Å²) in [6.07, 6.45) is 6.88. The SMILES string of the molecule is c1nc(NCC[C@H]2CCCN2)c2[nH]cnc2n1. The zero-order valence-corrected chi connectivity index (χ0v) is 9.61. The van der Waals surface area contributed by atoms with Crippen LogP contribution in [0.3, 0.4) is 0 Å². The van der Waals surface area contributed by atoms with E-state index in [4.69, 9.17) is 0 Å². The van der Waals surface area contributed by atoms with E-state index >= 15 is 0 Å². The summed E-state index contributed by atoms with van der Waals surface area (Å²) in [6, 6.07) is 0.654. The van der Waals surface area contributed by atoms with Crippen LogP contribution < -0.4 is 10.6 Å². The molecule has 3 rings (SSSR count). The lowest BCUT2D eigenvalue weighted by molar-refractivity contribution is 0.574. The molecule has 0 bridgehead atoms. The topological polar surface area (TPSA) is 78.5 Å². The van der Waals surface area contributed by atoms with Crippen LogP contribution in [0.25, 0.3) is 11.2 Å². The molecule has 2 aromatic heterocycles. The minimum Gasteiger partial charge on any atom is -0.368 e. The fraction of sp³-hybridized carbons (Fsp3) is 0.545. The van der Waals surface area contributed by atoms with Crippen molar-refractivity contribution in [1.82, 2.24) is 25.3 Å². The van der Waals surface area contributed by atoms with E-state index < -0.39 is 0 Å².